The maximum atomic E-state index is 5.78. The Labute approximate surface area is 91.8 Å². The Morgan fingerprint density at radius 1 is 1.40 bits per heavy atom. The third-order valence-electron chi connectivity index (χ3n) is 2.32. The van der Waals surface area contributed by atoms with Crippen molar-refractivity contribution < 1.29 is 4.74 Å². The molecule has 1 atom stereocenters. The predicted molar refractivity (Wildman–Crippen MR) is 64.5 cm³/mol. The standard InChI is InChI=1S/C12H20N2O/c1-4-10(13)9-15-12-7-5-6-11(8-12)14(2)3/h5-8,10H,4,9,13H2,1-3H3. The van der Waals surface area contributed by atoms with Crippen molar-refractivity contribution in [2.24, 2.45) is 5.73 Å². The summed E-state index contributed by atoms with van der Waals surface area (Å²) in [7, 11) is 4.02. The normalized spacial score (nSPS) is 12.3. The number of nitrogens with zero attached hydrogens (tertiary/aromatic N) is 1. The average Bonchev–Trinajstić information content (AvgIpc) is 2.26. The lowest BCUT2D eigenvalue weighted by molar-refractivity contribution is 0.285. The summed E-state index contributed by atoms with van der Waals surface area (Å²) >= 11 is 0. The lowest BCUT2D eigenvalue weighted by atomic mass is 10.2. The third-order valence-corrected chi connectivity index (χ3v) is 2.32. The molecule has 2 N–H and O–H groups in total. The number of hydrogen-bond donors (Lipinski definition) is 1. The smallest absolute Gasteiger partial charge is 0.121 e. The van der Waals surface area contributed by atoms with Gasteiger partial charge in [-0.1, -0.05) is 13.0 Å². The Morgan fingerprint density at radius 3 is 2.73 bits per heavy atom. The molecule has 0 saturated carbocycles. The second-order valence-corrected chi connectivity index (χ2v) is 3.87. The van der Waals surface area contributed by atoms with Crippen LogP contribution in [-0.4, -0.2) is 26.7 Å². The SMILES string of the molecule is CCC(N)COc1cccc(N(C)C)c1. The minimum Gasteiger partial charge on any atom is -0.492 e. The van der Waals surface area contributed by atoms with Gasteiger partial charge < -0.3 is 15.4 Å². The van der Waals surface area contributed by atoms with Gasteiger partial charge in [0.15, 0.2) is 0 Å². The first-order valence-electron chi connectivity index (χ1n) is 5.29. The fourth-order valence-corrected chi connectivity index (χ4v) is 1.17. The number of ether oxygens (including phenoxy) is 1. The van der Waals surface area contributed by atoms with E-state index < -0.39 is 0 Å². The highest BCUT2D eigenvalue weighted by atomic mass is 16.5. The molecule has 0 bridgehead atoms. The van der Waals surface area contributed by atoms with E-state index >= 15 is 0 Å². The number of anilines is 1. The van der Waals surface area contributed by atoms with Crippen molar-refractivity contribution in [2.75, 3.05) is 25.6 Å². The summed E-state index contributed by atoms with van der Waals surface area (Å²) in [4.78, 5) is 2.05. The highest BCUT2D eigenvalue weighted by molar-refractivity contribution is 5.49. The molecule has 0 aliphatic rings. The first-order valence-corrected chi connectivity index (χ1v) is 5.29. The Balaban J connectivity index is 2.58. The highest BCUT2D eigenvalue weighted by Crippen LogP contribution is 2.19. The van der Waals surface area contributed by atoms with Gasteiger partial charge in [0.25, 0.3) is 0 Å². The van der Waals surface area contributed by atoms with E-state index in [4.69, 9.17) is 10.5 Å². The quantitative estimate of drug-likeness (QED) is 0.802. The zero-order valence-electron chi connectivity index (χ0n) is 9.73. The molecule has 0 aliphatic carbocycles. The van der Waals surface area contributed by atoms with Crippen molar-refractivity contribution >= 4 is 5.69 Å². The largest absolute Gasteiger partial charge is 0.492 e. The Morgan fingerprint density at radius 2 is 2.13 bits per heavy atom. The first-order chi connectivity index (χ1) is 7.13. The summed E-state index contributed by atoms with van der Waals surface area (Å²) in [5.41, 5.74) is 6.92. The number of hydrogen-bond acceptors (Lipinski definition) is 3. The molecule has 3 heteroatoms. The predicted octanol–water partition coefficient (Wildman–Crippen LogP) is 1.87. The van der Waals surface area contributed by atoms with Gasteiger partial charge >= 0.3 is 0 Å². The monoisotopic (exact) mass is 208 g/mol. The lowest BCUT2D eigenvalue weighted by Crippen LogP contribution is -2.26. The van der Waals surface area contributed by atoms with Crippen LogP contribution in [0.15, 0.2) is 24.3 Å². The van der Waals surface area contributed by atoms with Gasteiger partial charge in [-0.3, -0.25) is 0 Å². The van der Waals surface area contributed by atoms with Crippen LogP contribution < -0.4 is 15.4 Å². The molecule has 1 aromatic rings. The summed E-state index contributed by atoms with van der Waals surface area (Å²) in [6.45, 7) is 2.64. The Bertz CT molecular complexity index is 299. The zero-order valence-corrected chi connectivity index (χ0v) is 9.73. The molecular weight excluding hydrogens is 188 g/mol. The summed E-state index contributed by atoms with van der Waals surface area (Å²) in [6, 6.07) is 8.12. The molecule has 1 rings (SSSR count). The van der Waals surface area contributed by atoms with Crippen molar-refractivity contribution in [1.29, 1.82) is 0 Å². The minimum absolute atomic E-state index is 0.119. The number of benzene rings is 1. The second-order valence-electron chi connectivity index (χ2n) is 3.87. The fraction of sp³-hybridized carbons (Fsp3) is 0.500. The summed E-state index contributed by atoms with van der Waals surface area (Å²) in [6.07, 6.45) is 0.938. The molecule has 0 saturated heterocycles. The van der Waals surface area contributed by atoms with Crippen molar-refractivity contribution in [3.8, 4) is 5.75 Å². The fourth-order valence-electron chi connectivity index (χ4n) is 1.17. The van der Waals surface area contributed by atoms with Crippen LogP contribution >= 0.6 is 0 Å². The molecule has 84 valence electrons. The van der Waals surface area contributed by atoms with E-state index in [0.29, 0.717) is 6.61 Å². The molecular formula is C12H20N2O. The van der Waals surface area contributed by atoms with E-state index in [-0.39, 0.29) is 6.04 Å². The molecule has 0 radical (unpaired) electrons. The molecule has 3 nitrogen and oxygen atoms in total. The van der Waals surface area contributed by atoms with Crippen LogP contribution in [0.25, 0.3) is 0 Å². The van der Waals surface area contributed by atoms with Crippen LogP contribution in [-0.2, 0) is 0 Å². The summed E-state index contributed by atoms with van der Waals surface area (Å²) in [5, 5.41) is 0. The zero-order chi connectivity index (χ0) is 11.3. The van der Waals surface area contributed by atoms with Gasteiger partial charge in [-0.05, 0) is 18.6 Å². The van der Waals surface area contributed by atoms with E-state index in [1.165, 1.54) is 0 Å². The highest BCUT2D eigenvalue weighted by Gasteiger charge is 2.02. The van der Waals surface area contributed by atoms with Gasteiger partial charge in [0.05, 0.1) is 0 Å². The van der Waals surface area contributed by atoms with Crippen LogP contribution in [0.1, 0.15) is 13.3 Å². The topological polar surface area (TPSA) is 38.5 Å². The second kappa shape index (κ2) is 5.61. The average molecular weight is 208 g/mol. The van der Waals surface area contributed by atoms with Gasteiger partial charge in [0.1, 0.15) is 12.4 Å². The van der Waals surface area contributed by atoms with E-state index in [9.17, 15) is 0 Å². The number of nitrogens with two attached hydrogens (primary N) is 1. The van der Waals surface area contributed by atoms with Crippen molar-refractivity contribution in [2.45, 2.75) is 19.4 Å². The first kappa shape index (κ1) is 11.9. The van der Waals surface area contributed by atoms with Gasteiger partial charge in [-0.2, -0.15) is 0 Å². The van der Waals surface area contributed by atoms with E-state index in [1.54, 1.807) is 0 Å². The van der Waals surface area contributed by atoms with Crippen LogP contribution in [0.4, 0.5) is 5.69 Å². The molecule has 0 fully saturated rings. The van der Waals surface area contributed by atoms with Gasteiger partial charge in [-0.15, -0.1) is 0 Å². The molecule has 0 spiro atoms. The van der Waals surface area contributed by atoms with Crippen molar-refractivity contribution in [3.63, 3.8) is 0 Å². The minimum atomic E-state index is 0.119. The Hall–Kier alpha value is -1.22. The molecule has 0 amide bonds. The molecule has 0 aromatic heterocycles. The van der Waals surface area contributed by atoms with E-state index in [0.717, 1.165) is 17.9 Å². The molecule has 15 heavy (non-hydrogen) atoms. The van der Waals surface area contributed by atoms with E-state index in [2.05, 4.69) is 6.92 Å². The number of rotatable bonds is 5. The van der Waals surface area contributed by atoms with E-state index in [1.807, 2.05) is 43.3 Å². The molecule has 0 heterocycles. The van der Waals surface area contributed by atoms with Crippen molar-refractivity contribution in [1.82, 2.24) is 0 Å². The molecule has 1 aromatic carbocycles. The maximum Gasteiger partial charge on any atom is 0.121 e. The van der Waals surface area contributed by atoms with Gasteiger partial charge in [0, 0.05) is 31.9 Å². The van der Waals surface area contributed by atoms with Crippen LogP contribution in [0.2, 0.25) is 0 Å². The van der Waals surface area contributed by atoms with Gasteiger partial charge in [0.2, 0.25) is 0 Å². The summed E-state index contributed by atoms with van der Waals surface area (Å²) in [5.74, 6) is 0.880. The Kier molecular flexibility index (Phi) is 4.43. The van der Waals surface area contributed by atoms with Crippen LogP contribution in [0.3, 0.4) is 0 Å². The lowest BCUT2D eigenvalue weighted by Gasteiger charge is -2.15. The molecule has 0 aliphatic heterocycles. The van der Waals surface area contributed by atoms with Gasteiger partial charge in [-0.25, -0.2) is 0 Å². The van der Waals surface area contributed by atoms with Crippen molar-refractivity contribution in [3.05, 3.63) is 24.3 Å². The molecule has 1 unspecified atom stereocenters. The third kappa shape index (κ3) is 3.80. The van der Waals surface area contributed by atoms with Crippen LogP contribution in [0, 0.1) is 0 Å². The maximum absolute atomic E-state index is 5.78. The summed E-state index contributed by atoms with van der Waals surface area (Å²) < 4.78 is 5.60. The van der Waals surface area contributed by atoms with Crippen LogP contribution in [0.5, 0.6) is 5.75 Å².